The van der Waals surface area contributed by atoms with Gasteiger partial charge in [-0.05, 0) is 48.1 Å². The molecule has 0 fully saturated rings. The third kappa shape index (κ3) is 4.04. The van der Waals surface area contributed by atoms with E-state index < -0.39 is 0 Å². The average molecular weight is 358 g/mol. The SMILES string of the molecule is CSCCC(NC(=O)/C=C\c1cccs1)c1nnc2ccccn12. The molecule has 7 heteroatoms. The van der Waals surface area contributed by atoms with Crippen molar-refractivity contribution in [3.8, 4) is 0 Å². The molecular weight excluding hydrogens is 340 g/mol. The van der Waals surface area contributed by atoms with Crippen molar-refractivity contribution in [2.45, 2.75) is 12.5 Å². The highest BCUT2D eigenvalue weighted by Crippen LogP contribution is 2.18. The zero-order valence-electron chi connectivity index (χ0n) is 13.3. The van der Waals surface area contributed by atoms with Gasteiger partial charge < -0.3 is 5.32 Å². The van der Waals surface area contributed by atoms with Crippen LogP contribution in [0.5, 0.6) is 0 Å². The lowest BCUT2D eigenvalue weighted by molar-refractivity contribution is -0.117. The summed E-state index contributed by atoms with van der Waals surface area (Å²) in [4.78, 5) is 13.3. The summed E-state index contributed by atoms with van der Waals surface area (Å²) < 4.78 is 1.92. The molecule has 1 N–H and O–H groups in total. The van der Waals surface area contributed by atoms with Gasteiger partial charge in [0.25, 0.3) is 0 Å². The van der Waals surface area contributed by atoms with Crippen LogP contribution < -0.4 is 5.32 Å². The first-order valence-electron chi connectivity index (χ1n) is 7.58. The van der Waals surface area contributed by atoms with Crippen molar-refractivity contribution in [1.29, 1.82) is 0 Å². The van der Waals surface area contributed by atoms with Crippen LogP contribution in [0.2, 0.25) is 0 Å². The van der Waals surface area contributed by atoms with Gasteiger partial charge in [0, 0.05) is 17.2 Å². The fraction of sp³-hybridized carbons (Fsp3) is 0.235. The number of nitrogens with one attached hydrogen (secondary N) is 1. The molecule has 0 aromatic carbocycles. The molecule has 24 heavy (non-hydrogen) atoms. The van der Waals surface area contributed by atoms with E-state index in [1.165, 1.54) is 0 Å². The van der Waals surface area contributed by atoms with Crippen LogP contribution in [0.15, 0.2) is 48.0 Å². The van der Waals surface area contributed by atoms with Crippen LogP contribution in [0.1, 0.15) is 23.2 Å². The smallest absolute Gasteiger partial charge is 0.244 e. The number of carbonyl (C=O) groups excluding carboxylic acids is 1. The van der Waals surface area contributed by atoms with Gasteiger partial charge in [0.2, 0.25) is 5.91 Å². The fourth-order valence-corrected chi connectivity index (χ4v) is 3.45. The van der Waals surface area contributed by atoms with Crippen LogP contribution in [0.25, 0.3) is 11.7 Å². The lowest BCUT2D eigenvalue weighted by Gasteiger charge is -2.15. The summed E-state index contributed by atoms with van der Waals surface area (Å²) in [6.45, 7) is 0. The first-order valence-corrected chi connectivity index (χ1v) is 9.86. The number of aromatic nitrogens is 3. The Morgan fingerprint density at radius 3 is 3.08 bits per heavy atom. The van der Waals surface area contributed by atoms with Crippen molar-refractivity contribution in [2.75, 3.05) is 12.0 Å². The summed E-state index contributed by atoms with van der Waals surface area (Å²) in [6, 6.07) is 9.53. The van der Waals surface area contributed by atoms with Gasteiger partial charge >= 0.3 is 0 Å². The molecule has 0 saturated heterocycles. The predicted octanol–water partition coefficient (Wildman–Crippen LogP) is 3.41. The predicted molar refractivity (Wildman–Crippen MR) is 100 cm³/mol. The van der Waals surface area contributed by atoms with Gasteiger partial charge in [0.1, 0.15) is 0 Å². The number of fused-ring (bicyclic) bond motifs is 1. The van der Waals surface area contributed by atoms with Gasteiger partial charge in [0.05, 0.1) is 6.04 Å². The number of nitrogens with zero attached hydrogens (tertiary/aromatic N) is 3. The Labute approximate surface area is 148 Å². The Kier molecular flexibility index (Phi) is 5.66. The number of carbonyl (C=O) groups is 1. The standard InChI is InChI=1S/C17H18N4OS2/c1-23-12-9-14(17-20-19-15-6-2-3-10-21(15)17)18-16(22)8-7-13-5-4-11-24-13/h2-8,10-11,14H,9,12H2,1H3,(H,18,22)/b8-7-. The summed E-state index contributed by atoms with van der Waals surface area (Å²) in [5.41, 5.74) is 0.782. The Hall–Kier alpha value is -2.12. The Bertz CT molecular complexity index is 826. The van der Waals surface area contributed by atoms with E-state index in [1.54, 1.807) is 29.2 Å². The molecule has 0 spiro atoms. The van der Waals surface area contributed by atoms with Crippen LogP contribution in [-0.2, 0) is 4.79 Å². The van der Waals surface area contributed by atoms with Crippen LogP contribution in [0.3, 0.4) is 0 Å². The second-order valence-corrected chi connectivity index (χ2v) is 7.14. The van der Waals surface area contributed by atoms with Crippen molar-refractivity contribution < 1.29 is 4.79 Å². The molecular formula is C17H18N4OS2. The fourth-order valence-electron chi connectivity index (χ4n) is 2.36. The highest BCUT2D eigenvalue weighted by molar-refractivity contribution is 7.98. The van der Waals surface area contributed by atoms with Crippen molar-refractivity contribution in [3.63, 3.8) is 0 Å². The highest BCUT2D eigenvalue weighted by atomic mass is 32.2. The summed E-state index contributed by atoms with van der Waals surface area (Å²) in [7, 11) is 0. The van der Waals surface area contributed by atoms with E-state index in [9.17, 15) is 4.79 Å². The van der Waals surface area contributed by atoms with Gasteiger partial charge in [-0.3, -0.25) is 9.20 Å². The second kappa shape index (κ2) is 8.12. The molecule has 1 amide bonds. The third-order valence-corrected chi connectivity index (χ3v) is 5.00. The summed E-state index contributed by atoms with van der Waals surface area (Å²) >= 11 is 3.35. The number of amides is 1. The molecule has 0 radical (unpaired) electrons. The zero-order chi connectivity index (χ0) is 16.8. The molecule has 3 heterocycles. The van der Waals surface area contributed by atoms with Gasteiger partial charge in [-0.25, -0.2) is 0 Å². The van der Waals surface area contributed by atoms with E-state index in [0.717, 1.165) is 28.5 Å². The second-order valence-electron chi connectivity index (χ2n) is 5.18. The number of hydrogen-bond donors (Lipinski definition) is 1. The minimum atomic E-state index is -0.171. The first kappa shape index (κ1) is 16.7. The van der Waals surface area contributed by atoms with Crippen LogP contribution in [-0.4, -0.2) is 32.5 Å². The minimum absolute atomic E-state index is 0.123. The summed E-state index contributed by atoms with van der Waals surface area (Å²) in [5, 5.41) is 13.5. The van der Waals surface area contributed by atoms with Crippen molar-refractivity contribution in [3.05, 3.63) is 58.7 Å². The lowest BCUT2D eigenvalue weighted by atomic mass is 10.2. The molecule has 0 bridgehead atoms. The number of hydrogen-bond acceptors (Lipinski definition) is 5. The maximum absolute atomic E-state index is 12.3. The zero-order valence-corrected chi connectivity index (χ0v) is 14.9. The van der Waals surface area contributed by atoms with Gasteiger partial charge in [-0.2, -0.15) is 11.8 Å². The van der Waals surface area contributed by atoms with Crippen molar-refractivity contribution in [1.82, 2.24) is 19.9 Å². The van der Waals surface area contributed by atoms with E-state index in [1.807, 2.05) is 52.4 Å². The molecule has 3 rings (SSSR count). The summed E-state index contributed by atoms with van der Waals surface area (Å²) in [6.07, 6.45) is 8.17. The molecule has 3 aromatic rings. The molecule has 5 nitrogen and oxygen atoms in total. The van der Waals surface area contributed by atoms with Gasteiger partial charge in [0.15, 0.2) is 11.5 Å². The van der Waals surface area contributed by atoms with Crippen molar-refractivity contribution >= 4 is 40.7 Å². The first-order chi connectivity index (χ1) is 11.8. The highest BCUT2D eigenvalue weighted by Gasteiger charge is 2.19. The minimum Gasteiger partial charge on any atom is -0.342 e. The molecule has 0 aliphatic carbocycles. The third-order valence-electron chi connectivity index (χ3n) is 3.52. The largest absolute Gasteiger partial charge is 0.342 e. The van der Waals surface area contributed by atoms with E-state index in [-0.39, 0.29) is 11.9 Å². The Morgan fingerprint density at radius 1 is 1.38 bits per heavy atom. The lowest BCUT2D eigenvalue weighted by Crippen LogP contribution is -2.29. The van der Waals surface area contributed by atoms with Crippen LogP contribution in [0, 0.1) is 0 Å². The molecule has 1 atom stereocenters. The molecule has 0 aliphatic heterocycles. The van der Waals surface area contributed by atoms with E-state index >= 15 is 0 Å². The quantitative estimate of drug-likeness (QED) is 0.658. The topological polar surface area (TPSA) is 59.3 Å². The Morgan fingerprint density at radius 2 is 2.29 bits per heavy atom. The van der Waals surface area contributed by atoms with Gasteiger partial charge in [-0.1, -0.05) is 12.1 Å². The monoisotopic (exact) mass is 358 g/mol. The van der Waals surface area contributed by atoms with Gasteiger partial charge in [-0.15, -0.1) is 21.5 Å². The Balaban J connectivity index is 1.77. The normalized spacial score (nSPS) is 12.7. The van der Waals surface area contributed by atoms with E-state index in [2.05, 4.69) is 21.8 Å². The van der Waals surface area contributed by atoms with E-state index in [4.69, 9.17) is 0 Å². The number of thiophene rings is 1. The molecule has 0 saturated carbocycles. The maximum Gasteiger partial charge on any atom is 0.244 e. The molecule has 0 aliphatic rings. The summed E-state index contributed by atoms with van der Waals surface area (Å²) in [5.74, 6) is 1.57. The average Bonchev–Trinajstić information content (AvgIpc) is 3.26. The molecule has 3 aromatic heterocycles. The van der Waals surface area contributed by atoms with Crippen molar-refractivity contribution in [2.24, 2.45) is 0 Å². The molecule has 124 valence electrons. The van der Waals surface area contributed by atoms with Crippen LogP contribution in [0.4, 0.5) is 0 Å². The number of thioether (sulfide) groups is 1. The van der Waals surface area contributed by atoms with Crippen LogP contribution >= 0.6 is 23.1 Å². The molecule has 1 unspecified atom stereocenters. The number of rotatable bonds is 7. The van der Waals surface area contributed by atoms with E-state index in [0.29, 0.717) is 0 Å². The maximum atomic E-state index is 12.3. The number of pyridine rings is 1.